The van der Waals surface area contributed by atoms with Gasteiger partial charge in [0.2, 0.25) is 0 Å². The maximum absolute atomic E-state index is 12.1. The van der Waals surface area contributed by atoms with E-state index in [0.717, 1.165) is 14.7 Å². The molecule has 0 bridgehead atoms. The van der Waals surface area contributed by atoms with Crippen molar-refractivity contribution in [2.75, 3.05) is 0 Å². The molecule has 1 aromatic heterocycles. The number of fused-ring (bicyclic) bond motifs is 1. The first kappa shape index (κ1) is 15.1. The van der Waals surface area contributed by atoms with Crippen molar-refractivity contribution in [1.29, 1.82) is 0 Å². The summed E-state index contributed by atoms with van der Waals surface area (Å²) < 4.78 is 47.4. The maximum atomic E-state index is 12.1. The lowest BCUT2D eigenvalue weighted by atomic mass is 10.3. The minimum absolute atomic E-state index is 0.298. The third kappa shape index (κ3) is 3.69. The zero-order chi connectivity index (χ0) is 15.7. The molecule has 0 saturated heterocycles. The highest BCUT2D eigenvalue weighted by molar-refractivity contribution is 9.10. The summed E-state index contributed by atoms with van der Waals surface area (Å²) >= 11 is 4.72. The number of aromatic nitrogens is 1. The highest BCUT2D eigenvalue weighted by atomic mass is 79.9. The first-order valence-corrected chi connectivity index (χ1v) is 7.60. The predicted octanol–water partition coefficient (Wildman–Crippen LogP) is 5.75. The number of benzene rings is 2. The quantitative estimate of drug-likeness (QED) is 0.571. The average molecular weight is 390 g/mol. The van der Waals surface area contributed by atoms with Crippen LogP contribution in [0.15, 0.2) is 46.9 Å². The van der Waals surface area contributed by atoms with E-state index in [1.54, 1.807) is 0 Å². The molecule has 0 unspecified atom stereocenters. The van der Waals surface area contributed by atoms with Crippen molar-refractivity contribution < 1.29 is 22.6 Å². The summed E-state index contributed by atoms with van der Waals surface area (Å²) in [4.78, 5) is 4.30. The Hall–Kier alpha value is -1.80. The molecule has 3 rings (SSSR count). The van der Waals surface area contributed by atoms with Gasteiger partial charge in [-0.1, -0.05) is 27.3 Å². The molecule has 3 nitrogen and oxygen atoms in total. The topological polar surface area (TPSA) is 31.4 Å². The Morgan fingerprint density at radius 1 is 1.00 bits per heavy atom. The molecule has 0 aliphatic carbocycles. The molecule has 0 N–H and O–H groups in total. The zero-order valence-electron chi connectivity index (χ0n) is 10.7. The molecular formula is C14H7BrF3NO2S. The first-order valence-electron chi connectivity index (χ1n) is 5.99. The van der Waals surface area contributed by atoms with E-state index < -0.39 is 6.36 Å². The van der Waals surface area contributed by atoms with Gasteiger partial charge in [-0.25, -0.2) is 4.98 Å². The lowest BCUT2D eigenvalue weighted by Gasteiger charge is -2.09. The van der Waals surface area contributed by atoms with Crippen LogP contribution in [0, 0.1) is 0 Å². The Morgan fingerprint density at radius 3 is 2.36 bits per heavy atom. The second-order valence-corrected chi connectivity index (χ2v) is 6.12. The van der Waals surface area contributed by atoms with Crippen molar-refractivity contribution in [2.24, 2.45) is 0 Å². The molecule has 0 saturated carbocycles. The Kier molecular flexibility index (Phi) is 3.96. The molecule has 0 amide bonds. The van der Waals surface area contributed by atoms with Crippen molar-refractivity contribution in [3.8, 4) is 16.7 Å². The van der Waals surface area contributed by atoms with Crippen LogP contribution < -0.4 is 9.47 Å². The molecule has 0 fully saturated rings. The highest BCUT2D eigenvalue weighted by Crippen LogP contribution is 2.33. The maximum Gasteiger partial charge on any atom is 0.573 e. The highest BCUT2D eigenvalue weighted by Gasteiger charge is 2.30. The number of ether oxygens (including phenoxy) is 2. The van der Waals surface area contributed by atoms with Gasteiger partial charge in [-0.15, -0.1) is 13.2 Å². The van der Waals surface area contributed by atoms with Crippen LogP contribution in [0.3, 0.4) is 0 Å². The molecule has 114 valence electrons. The number of hydrogen-bond acceptors (Lipinski definition) is 4. The molecule has 1 heterocycles. The van der Waals surface area contributed by atoms with Gasteiger partial charge in [0.25, 0.3) is 5.19 Å². The minimum Gasteiger partial charge on any atom is -0.431 e. The Morgan fingerprint density at radius 2 is 1.68 bits per heavy atom. The standard InChI is InChI=1S/C14H7BrF3NO2S/c15-8-1-6-11-12(7-8)22-13(19-11)20-9-2-4-10(5-3-9)21-14(16,17)18/h1-7H. The summed E-state index contributed by atoms with van der Waals surface area (Å²) in [6.45, 7) is 0. The predicted molar refractivity (Wildman–Crippen MR) is 80.5 cm³/mol. The van der Waals surface area contributed by atoms with E-state index in [0.29, 0.717) is 10.9 Å². The lowest BCUT2D eigenvalue weighted by molar-refractivity contribution is -0.274. The van der Waals surface area contributed by atoms with E-state index in [2.05, 4.69) is 25.7 Å². The van der Waals surface area contributed by atoms with Crippen LogP contribution in [0.1, 0.15) is 0 Å². The van der Waals surface area contributed by atoms with Crippen LogP contribution in [0.4, 0.5) is 13.2 Å². The van der Waals surface area contributed by atoms with Gasteiger partial charge in [0.15, 0.2) is 0 Å². The third-order valence-corrected chi connectivity index (χ3v) is 3.98. The van der Waals surface area contributed by atoms with Gasteiger partial charge >= 0.3 is 6.36 Å². The summed E-state index contributed by atoms with van der Waals surface area (Å²) in [5, 5.41) is 0.414. The Bertz CT molecular complexity index is 802. The summed E-state index contributed by atoms with van der Waals surface area (Å²) in [5.74, 6) is 0.0840. The fourth-order valence-electron chi connectivity index (χ4n) is 1.73. The summed E-state index contributed by atoms with van der Waals surface area (Å²) in [6, 6.07) is 10.8. The molecule has 3 aromatic rings. The summed E-state index contributed by atoms with van der Waals surface area (Å²) in [6.07, 6.45) is -4.71. The van der Waals surface area contributed by atoms with E-state index >= 15 is 0 Å². The van der Waals surface area contributed by atoms with Crippen LogP contribution in [0.25, 0.3) is 10.2 Å². The third-order valence-electron chi connectivity index (χ3n) is 2.59. The number of rotatable bonds is 3. The van der Waals surface area contributed by atoms with Gasteiger partial charge in [0.05, 0.1) is 10.2 Å². The van der Waals surface area contributed by atoms with Crippen LogP contribution in [0.5, 0.6) is 16.7 Å². The molecule has 0 aliphatic rings. The number of alkyl halides is 3. The van der Waals surface area contributed by atoms with E-state index in [1.165, 1.54) is 35.6 Å². The van der Waals surface area contributed by atoms with Crippen molar-refractivity contribution >= 4 is 37.5 Å². The second-order valence-electron chi connectivity index (χ2n) is 4.21. The van der Waals surface area contributed by atoms with E-state index in [4.69, 9.17) is 4.74 Å². The number of halogens is 4. The van der Waals surface area contributed by atoms with Crippen LogP contribution >= 0.6 is 27.3 Å². The normalized spacial score (nSPS) is 11.6. The average Bonchev–Trinajstić information content (AvgIpc) is 2.80. The fraction of sp³-hybridized carbons (Fsp3) is 0.0714. The van der Waals surface area contributed by atoms with Crippen molar-refractivity contribution in [2.45, 2.75) is 6.36 Å². The Balaban J connectivity index is 1.77. The van der Waals surface area contributed by atoms with E-state index in [9.17, 15) is 13.2 Å². The van der Waals surface area contributed by atoms with Gasteiger partial charge in [-0.2, -0.15) is 0 Å². The molecular weight excluding hydrogens is 383 g/mol. The van der Waals surface area contributed by atoms with E-state index in [1.807, 2.05) is 18.2 Å². The van der Waals surface area contributed by atoms with Gasteiger partial charge in [-0.05, 0) is 42.5 Å². The van der Waals surface area contributed by atoms with Gasteiger partial charge in [0, 0.05) is 4.47 Å². The summed E-state index contributed by atoms with van der Waals surface area (Å²) in [5.41, 5.74) is 0.792. The van der Waals surface area contributed by atoms with Crippen molar-refractivity contribution in [3.63, 3.8) is 0 Å². The number of thiazole rings is 1. The molecule has 0 aliphatic heterocycles. The van der Waals surface area contributed by atoms with E-state index in [-0.39, 0.29) is 5.75 Å². The van der Waals surface area contributed by atoms with Crippen LogP contribution in [-0.2, 0) is 0 Å². The fourth-order valence-corrected chi connectivity index (χ4v) is 3.12. The number of nitrogens with zero attached hydrogens (tertiary/aromatic N) is 1. The lowest BCUT2D eigenvalue weighted by Crippen LogP contribution is -2.16. The largest absolute Gasteiger partial charge is 0.573 e. The number of hydrogen-bond donors (Lipinski definition) is 0. The molecule has 2 aromatic carbocycles. The van der Waals surface area contributed by atoms with Crippen LogP contribution in [-0.4, -0.2) is 11.3 Å². The van der Waals surface area contributed by atoms with Crippen LogP contribution in [0.2, 0.25) is 0 Å². The minimum atomic E-state index is -4.71. The van der Waals surface area contributed by atoms with Crippen molar-refractivity contribution in [3.05, 3.63) is 46.9 Å². The molecule has 0 atom stereocenters. The van der Waals surface area contributed by atoms with Gasteiger partial charge in [0.1, 0.15) is 11.5 Å². The van der Waals surface area contributed by atoms with Gasteiger partial charge in [-0.3, -0.25) is 0 Å². The second kappa shape index (κ2) is 5.77. The SMILES string of the molecule is FC(F)(F)Oc1ccc(Oc2nc3ccc(Br)cc3s2)cc1. The van der Waals surface area contributed by atoms with Crippen molar-refractivity contribution in [1.82, 2.24) is 4.98 Å². The molecule has 22 heavy (non-hydrogen) atoms. The monoisotopic (exact) mass is 389 g/mol. The zero-order valence-corrected chi connectivity index (χ0v) is 13.1. The summed E-state index contributed by atoms with van der Waals surface area (Å²) in [7, 11) is 0. The Labute approximate surface area is 135 Å². The molecule has 0 spiro atoms. The van der Waals surface area contributed by atoms with Gasteiger partial charge < -0.3 is 9.47 Å². The molecule has 8 heteroatoms. The smallest absolute Gasteiger partial charge is 0.431 e. The molecule has 0 radical (unpaired) electrons. The first-order chi connectivity index (χ1) is 10.4.